The smallest absolute Gasteiger partial charge is 0.262 e. The predicted octanol–water partition coefficient (Wildman–Crippen LogP) is 2.65. The van der Waals surface area contributed by atoms with Crippen molar-refractivity contribution in [1.29, 1.82) is 0 Å². The van der Waals surface area contributed by atoms with Crippen LogP contribution in [0.4, 0.5) is 5.69 Å². The number of hydrogen-bond acceptors (Lipinski definition) is 4. The summed E-state index contributed by atoms with van der Waals surface area (Å²) >= 11 is 0. The van der Waals surface area contributed by atoms with Crippen molar-refractivity contribution < 1.29 is 14.3 Å². The molecule has 1 fully saturated rings. The average Bonchev–Trinajstić information content (AvgIpc) is 2.73. The van der Waals surface area contributed by atoms with Crippen molar-refractivity contribution >= 4 is 17.5 Å². The van der Waals surface area contributed by atoms with Crippen molar-refractivity contribution in [1.82, 2.24) is 9.80 Å². The summed E-state index contributed by atoms with van der Waals surface area (Å²) in [5.74, 6) is 0.530. The molecule has 1 aliphatic rings. The van der Waals surface area contributed by atoms with Crippen molar-refractivity contribution in [2.24, 2.45) is 0 Å². The highest BCUT2D eigenvalue weighted by atomic mass is 16.5. The lowest BCUT2D eigenvalue weighted by Crippen LogP contribution is -2.47. The fourth-order valence-corrected chi connectivity index (χ4v) is 3.17. The summed E-state index contributed by atoms with van der Waals surface area (Å²) in [5.41, 5.74) is 2.35. The van der Waals surface area contributed by atoms with Gasteiger partial charge in [0.05, 0.1) is 0 Å². The van der Waals surface area contributed by atoms with Gasteiger partial charge in [-0.1, -0.05) is 25.1 Å². The van der Waals surface area contributed by atoms with E-state index in [1.54, 1.807) is 24.3 Å². The monoisotopic (exact) mass is 381 g/mol. The molecule has 0 saturated carbocycles. The third-order valence-corrected chi connectivity index (χ3v) is 4.92. The van der Waals surface area contributed by atoms with Gasteiger partial charge in [0.25, 0.3) is 11.8 Å². The van der Waals surface area contributed by atoms with E-state index in [1.807, 2.05) is 36.1 Å². The van der Waals surface area contributed by atoms with E-state index in [4.69, 9.17) is 4.74 Å². The van der Waals surface area contributed by atoms with E-state index in [0.29, 0.717) is 11.3 Å². The van der Waals surface area contributed by atoms with Crippen LogP contribution in [0, 0.1) is 0 Å². The van der Waals surface area contributed by atoms with Crippen LogP contribution >= 0.6 is 0 Å². The number of nitrogens with zero attached hydrogens (tertiary/aromatic N) is 2. The van der Waals surface area contributed by atoms with Gasteiger partial charge >= 0.3 is 0 Å². The molecular weight excluding hydrogens is 354 g/mol. The molecule has 0 aromatic heterocycles. The van der Waals surface area contributed by atoms with Gasteiger partial charge in [0.2, 0.25) is 0 Å². The Kier molecular flexibility index (Phi) is 6.66. The van der Waals surface area contributed by atoms with Gasteiger partial charge < -0.3 is 19.9 Å². The molecule has 1 N–H and O–H groups in total. The maximum atomic E-state index is 12.6. The Labute approximate surface area is 166 Å². The molecule has 1 heterocycles. The number of amides is 2. The van der Waals surface area contributed by atoms with Crippen LogP contribution < -0.4 is 10.1 Å². The zero-order valence-corrected chi connectivity index (χ0v) is 16.5. The van der Waals surface area contributed by atoms with Gasteiger partial charge in [-0.25, -0.2) is 0 Å². The van der Waals surface area contributed by atoms with Gasteiger partial charge in [0, 0.05) is 37.4 Å². The zero-order valence-electron chi connectivity index (χ0n) is 16.5. The third-order valence-electron chi connectivity index (χ3n) is 4.92. The molecule has 0 radical (unpaired) electrons. The quantitative estimate of drug-likeness (QED) is 0.836. The number of anilines is 1. The van der Waals surface area contributed by atoms with Crippen molar-refractivity contribution in [2.75, 3.05) is 45.2 Å². The second kappa shape index (κ2) is 9.37. The Balaban J connectivity index is 1.52. The first-order chi connectivity index (χ1) is 13.6. The van der Waals surface area contributed by atoms with Gasteiger partial charge in [0.1, 0.15) is 5.75 Å². The van der Waals surface area contributed by atoms with Crippen molar-refractivity contribution in [3.05, 3.63) is 59.7 Å². The first kappa shape index (κ1) is 19.9. The number of nitrogens with one attached hydrogen (secondary N) is 1. The maximum absolute atomic E-state index is 12.6. The molecule has 1 aliphatic heterocycles. The molecule has 2 aromatic carbocycles. The highest BCUT2D eigenvalue weighted by Crippen LogP contribution is 2.18. The van der Waals surface area contributed by atoms with Crippen LogP contribution in [0.2, 0.25) is 0 Å². The molecule has 0 aliphatic carbocycles. The first-order valence-electron chi connectivity index (χ1n) is 9.65. The molecule has 6 nitrogen and oxygen atoms in total. The van der Waals surface area contributed by atoms with E-state index < -0.39 is 0 Å². The van der Waals surface area contributed by atoms with Crippen LogP contribution in [-0.2, 0) is 11.2 Å². The van der Waals surface area contributed by atoms with E-state index in [2.05, 4.69) is 17.3 Å². The van der Waals surface area contributed by atoms with Crippen LogP contribution in [-0.4, -0.2) is 61.4 Å². The number of para-hydroxylation sites is 1. The molecule has 2 amide bonds. The molecule has 148 valence electrons. The van der Waals surface area contributed by atoms with Crippen LogP contribution in [0.1, 0.15) is 22.8 Å². The fraction of sp³-hybridized carbons (Fsp3) is 0.364. The van der Waals surface area contributed by atoms with E-state index in [-0.39, 0.29) is 18.4 Å². The van der Waals surface area contributed by atoms with Crippen LogP contribution in [0.15, 0.2) is 48.5 Å². The fourth-order valence-electron chi connectivity index (χ4n) is 3.17. The molecule has 28 heavy (non-hydrogen) atoms. The lowest BCUT2D eigenvalue weighted by molar-refractivity contribution is -0.118. The van der Waals surface area contributed by atoms with Crippen LogP contribution in [0.25, 0.3) is 0 Å². The number of likely N-dealkylation sites (N-methyl/N-ethyl adjacent to an activating group) is 1. The Bertz CT molecular complexity index is 812. The van der Waals surface area contributed by atoms with E-state index in [0.717, 1.165) is 43.9 Å². The summed E-state index contributed by atoms with van der Waals surface area (Å²) in [5, 5.41) is 2.81. The number of rotatable bonds is 6. The highest BCUT2D eigenvalue weighted by Gasteiger charge is 2.20. The number of carbonyl (C=O) groups is 2. The number of hydrogen-bond donors (Lipinski definition) is 1. The SMILES string of the molecule is CCc1ccccc1OCC(=O)Nc1ccc(C(=O)N2CCN(C)CC2)cc1. The molecule has 0 bridgehead atoms. The highest BCUT2D eigenvalue weighted by molar-refractivity contribution is 5.96. The Morgan fingerprint density at radius 2 is 1.68 bits per heavy atom. The van der Waals surface area contributed by atoms with Crippen molar-refractivity contribution in [3.8, 4) is 5.75 Å². The number of aryl methyl sites for hydroxylation is 1. The number of piperazine rings is 1. The van der Waals surface area contributed by atoms with Crippen LogP contribution in [0.3, 0.4) is 0 Å². The summed E-state index contributed by atoms with van der Waals surface area (Å²) in [7, 11) is 2.06. The summed E-state index contributed by atoms with van der Waals surface area (Å²) < 4.78 is 5.64. The molecule has 0 spiro atoms. The molecule has 0 atom stereocenters. The third kappa shape index (κ3) is 5.10. The summed E-state index contributed by atoms with van der Waals surface area (Å²) in [6.45, 7) is 5.25. The normalized spacial score (nSPS) is 14.6. The van der Waals surface area contributed by atoms with Gasteiger partial charge in [0.15, 0.2) is 6.61 Å². The van der Waals surface area contributed by atoms with Gasteiger partial charge in [-0.05, 0) is 49.4 Å². The van der Waals surface area contributed by atoms with E-state index in [9.17, 15) is 9.59 Å². The van der Waals surface area contributed by atoms with Gasteiger partial charge in [-0.2, -0.15) is 0 Å². The number of benzene rings is 2. The largest absolute Gasteiger partial charge is 0.483 e. The van der Waals surface area contributed by atoms with E-state index >= 15 is 0 Å². The average molecular weight is 381 g/mol. The number of carbonyl (C=O) groups excluding carboxylic acids is 2. The van der Waals surface area contributed by atoms with E-state index in [1.165, 1.54) is 0 Å². The molecular formula is C22H27N3O3. The van der Waals surface area contributed by atoms with Gasteiger partial charge in [-0.15, -0.1) is 0 Å². The lowest BCUT2D eigenvalue weighted by atomic mass is 10.1. The van der Waals surface area contributed by atoms with Crippen molar-refractivity contribution in [2.45, 2.75) is 13.3 Å². The molecule has 2 aromatic rings. The Hall–Kier alpha value is -2.86. The van der Waals surface area contributed by atoms with Gasteiger partial charge in [-0.3, -0.25) is 9.59 Å². The molecule has 0 unspecified atom stereocenters. The minimum absolute atomic E-state index is 0.0329. The predicted molar refractivity (Wildman–Crippen MR) is 110 cm³/mol. The second-order valence-corrected chi connectivity index (χ2v) is 6.97. The second-order valence-electron chi connectivity index (χ2n) is 6.97. The lowest BCUT2D eigenvalue weighted by Gasteiger charge is -2.32. The zero-order chi connectivity index (χ0) is 19.9. The van der Waals surface area contributed by atoms with Crippen LogP contribution in [0.5, 0.6) is 5.75 Å². The standard InChI is InChI=1S/C22H27N3O3/c1-3-17-6-4-5-7-20(17)28-16-21(26)23-19-10-8-18(9-11-19)22(27)25-14-12-24(2)13-15-25/h4-11H,3,12-16H2,1-2H3,(H,23,26). The molecule has 6 heteroatoms. The minimum Gasteiger partial charge on any atom is -0.483 e. The number of ether oxygens (including phenoxy) is 1. The summed E-state index contributed by atoms with van der Waals surface area (Å²) in [4.78, 5) is 28.8. The van der Waals surface area contributed by atoms with Crippen molar-refractivity contribution in [3.63, 3.8) is 0 Å². The maximum Gasteiger partial charge on any atom is 0.262 e. The first-order valence-corrected chi connectivity index (χ1v) is 9.65. The Morgan fingerprint density at radius 1 is 1.00 bits per heavy atom. The summed E-state index contributed by atoms with van der Waals surface area (Å²) in [6.07, 6.45) is 0.848. The molecule has 3 rings (SSSR count). The summed E-state index contributed by atoms with van der Waals surface area (Å²) in [6, 6.07) is 14.7. The minimum atomic E-state index is -0.232. The molecule has 1 saturated heterocycles. The topological polar surface area (TPSA) is 61.9 Å². The Morgan fingerprint density at radius 3 is 2.36 bits per heavy atom.